The summed E-state index contributed by atoms with van der Waals surface area (Å²) < 4.78 is 5.77. The molecule has 4 nitrogen and oxygen atoms in total. The van der Waals surface area contributed by atoms with E-state index in [1.807, 2.05) is 18.2 Å². The van der Waals surface area contributed by atoms with Crippen LogP contribution in [0.2, 0.25) is 0 Å². The van der Waals surface area contributed by atoms with Crippen molar-refractivity contribution in [2.45, 2.75) is 45.6 Å². The highest BCUT2D eigenvalue weighted by atomic mass is 16.5. The fraction of sp³-hybridized carbons (Fsp3) is 0.611. The van der Waals surface area contributed by atoms with Crippen LogP contribution in [0.5, 0.6) is 5.75 Å². The molecular weight excluding hydrogens is 276 g/mol. The Balaban J connectivity index is 1.88. The largest absolute Gasteiger partial charge is 0.483 e. The molecule has 2 rings (SSSR count). The van der Waals surface area contributed by atoms with Crippen LogP contribution in [0.1, 0.15) is 45.1 Å². The fourth-order valence-corrected chi connectivity index (χ4v) is 2.81. The van der Waals surface area contributed by atoms with E-state index >= 15 is 0 Å². The zero-order valence-electron chi connectivity index (χ0n) is 13.9. The summed E-state index contributed by atoms with van der Waals surface area (Å²) in [6.45, 7) is 8.48. The predicted molar refractivity (Wildman–Crippen MR) is 89.2 cm³/mol. The van der Waals surface area contributed by atoms with Gasteiger partial charge in [0, 0.05) is 12.6 Å². The normalized spacial score (nSPS) is 22.9. The van der Waals surface area contributed by atoms with E-state index in [0.29, 0.717) is 11.8 Å². The first-order chi connectivity index (χ1) is 10.6. The van der Waals surface area contributed by atoms with E-state index in [-0.39, 0.29) is 18.6 Å². The van der Waals surface area contributed by atoms with Gasteiger partial charge in [-0.15, -0.1) is 0 Å². The van der Waals surface area contributed by atoms with Crippen LogP contribution in [0.3, 0.4) is 0 Å². The lowest BCUT2D eigenvalue weighted by molar-refractivity contribution is -0.124. The van der Waals surface area contributed by atoms with Crippen molar-refractivity contribution in [2.75, 3.05) is 19.7 Å². The van der Waals surface area contributed by atoms with Gasteiger partial charge in [-0.25, -0.2) is 0 Å². The van der Waals surface area contributed by atoms with Gasteiger partial charge < -0.3 is 15.4 Å². The number of carbonyl (C=O) groups is 1. The summed E-state index contributed by atoms with van der Waals surface area (Å²) in [5.74, 6) is 1.72. The molecule has 1 aliphatic rings. The van der Waals surface area contributed by atoms with Crippen molar-refractivity contribution in [3.8, 4) is 5.75 Å². The van der Waals surface area contributed by atoms with Gasteiger partial charge in [-0.05, 0) is 42.9 Å². The Morgan fingerprint density at radius 3 is 2.95 bits per heavy atom. The van der Waals surface area contributed by atoms with E-state index in [1.165, 1.54) is 5.56 Å². The lowest BCUT2D eigenvalue weighted by Gasteiger charge is -2.30. The van der Waals surface area contributed by atoms with Gasteiger partial charge in [0.05, 0.1) is 0 Å². The molecule has 0 aromatic heterocycles. The number of hydrogen-bond acceptors (Lipinski definition) is 3. The van der Waals surface area contributed by atoms with Crippen molar-refractivity contribution in [1.29, 1.82) is 0 Å². The highest BCUT2D eigenvalue weighted by molar-refractivity contribution is 5.78. The van der Waals surface area contributed by atoms with Crippen molar-refractivity contribution >= 4 is 5.91 Å². The third-order valence-corrected chi connectivity index (χ3v) is 4.60. The van der Waals surface area contributed by atoms with E-state index < -0.39 is 0 Å². The molecular formula is C18H28N2O2. The zero-order chi connectivity index (χ0) is 15.9. The highest BCUT2D eigenvalue weighted by Gasteiger charge is 2.22. The average molecular weight is 304 g/mol. The Morgan fingerprint density at radius 1 is 1.45 bits per heavy atom. The highest BCUT2D eigenvalue weighted by Crippen LogP contribution is 2.28. The van der Waals surface area contributed by atoms with Gasteiger partial charge in [-0.3, -0.25) is 4.79 Å². The van der Waals surface area contributed by atoms with Crippen LogP contribution in [0.4, 0.5) is 0 Å². The molecule has 1 aromatic carbocycles. The second-order valence-corrected chi connectivity index (χ2v) is 6.28. The van der Waals surface area contributed by atoms with Crippen LogP contribution in [-0.2, 0) is 4.79 Å². The van der Waals surface area contributed by atoms with E-state index in [2.05, 4.69) is 37.5 Å². The smallest absolute Gasteiger partial charge is 0.258 e. The quantitative estimate of drug-likeness (QED) is 0.849. The van der Waals surface area contributed by atoms with E-state index in [1.54, 1.807) is 0 Å². The van der Waals surface area contributed by atoms with Crippen LogP contribution in [0, 0.1) is 5.92 Å². The van der Waals surface area contributed by atoms with Gasteiger partial charge in [0.15, 0.2) is 6.61 Å². The molecule has 3 atom stereocenters. The molecule has 4 heteroatoms. The lowest BCUT2D eigenvalue weighted by Crippen LogP contribution is -2.51. The van der Waals surface area contributed by atoms with Gasteiger partial charge in [-0.2, -0.15) is 0 Å². The van der Waals surface area contributed by atoms with E-state index in [0.717, 1.165) is 31.7 Å². The maximum absolute atomic E-state index is 12.1. The number of hydrogen-bond donors (Lipinski definition) is 2. The molecule has 0 bridgehead atoms. The van der Waals surface area contributed by atoms with E-state index in [4.69, 9.17) is 4.74 Å². The molecule has 3 unspecified atom stereocenters. The zero-order valence-corrected chi connectivity index (χ0v) is 13.9. The Hall–Kier alpha value is -1.55. The average Bonchev–Trinajstić information content (AvgIpc) is 2.54. The number of ether oxygens (including phenoxy) is 1. The third-order valence-electron chi connectivity index (χ3n) is 4.60. The van der Waals surface area contributed by atoms with Crippen LogP contribution in [0.25, 0.3) is 0 Å². The standard InChI is InChI=1S/C18H28N2O2/c1-4-13(2)15-7-5-6-8-17(15)22-12-18(21)20-16-11-19-10-9-14(16)3/h5-8,13-14,16,19H,4,9-12H2,1-3H3,(H,20,21). The third kappa shape index (κ3) is 4.47. The summed E-state index contributed by atoms with van der Waals surface area (Å²) in [6, 6.07) is 8.19. The molecule has 0 saturated carbocycles. The Labute approximate surface area is 133 Å². The van der Waals surface area contributed by atoms with Gasteiger partial charge in [-0.1, -0.05) is 39.0 Å². The molecule has 0 aliphatic carbocycles. The predicted octanol–water partition coefficient (Wildman–Crippen LogP) is 2.69. The maximum atomic E-state index is 12.1. The van der Waals surface area contributed by atoms with Crippen LogP contribution in [-0.4, -0.2) is 31.6 Å². The molecule has 1 heterocycles. The first-order valence-electron chi connectivity index (χ1n) is 8.33. The minimum atomic E-state index is -0.0421. The van der Waals surface area contributed by atoms with Crippen molar-refractivity contribution in [3.05, 3.63) is 29.8 Å². The molecule has 1 saturated heterocycles. The number of amides is 1. The molecule has 22 heavy (non-hydrogen) atoms. The number of piperidine rings is 1. The minimum Gasteiger partial charge on any atom is -0.483 e. The Morgan fingerprint density at radius 2 is 2.23 bits per heavy atom. The van der Waals surface area contributed by atoms with Gasteiger partial charge in [0.1, 0.15) is 5.75 Å². The first-order valence-corrected chi connectivity index (χ1v) is 8.33. The number of para-hydroxylation sites is 1. The summed E-state index contributed by atoms with van der Waals surface area (Å²) in [4.78, 5) is 12.1. The summed E-state index contributed by atoms with van der Waals surface area (Å²) in [5.41, 5.74) is 1.17. The topological polar surface area (TPSA) is 50.4 Å². The lowest BCUT2D eigenvalue weighted by atomic mass is 9.95. The number of benzene rings is 1. The van der Waals surface area contributed by atoms with Gasteiger partial charge >= 0.3 is 0 Å². The molecule has 122 valence electrons. The molecule has 1 amide bonds. The summed E-state index contributed by atoms with van der Waals surface area (Å²) in [5, 5.41) is 6.40. The molecule has 0 radical (unpaired) electrons. The van der Waals surface area contributed by atoms with Gasteiger partial charge in [0.25, 0.3) is 5.91 Å². The maximum Gasteiger partial charge on any atom is 0.258 e. The van der Waals surface area contributed by atoms with Crippen LogP contribution in [0.15, 0.2) is 24.3 Å². The SMILES string of the molecule is CCC(C)c1ccccc1OCC(=O)NC1CNCCC1C. The van der Waals surface area contributed by atoms with Crippen LogP contribution < -0.4 is 15.4 Å². The van der Waals surface area contributed by atoms with Gasteiger partial charge in [0.2, 0.25) is 0 Å². The molecule has 1 fully saturated rings. The molecule has 2 N–H and O–H groups in total. The molecule has 1 aliphatic heterocycles. The number of nitrogens with one attached hydrogen (secondary N) is 2. The summed E-state index contributed by atoms with van der Waals surface area (Å²) >= 11 is 0. The number of carbonyl (C=O) groups excluding carboxylic acids is 1. The molecule has 1 aromatic rings. The Bertz CT molecular complexity index is 490. The summed E-state index contributed by atoms with van der Waals surface area (Å²) in [6.07, 6.45) is 2.15. The fourth-order valence-electron chi connectivity index (χ4n) is 2.81. The van der Waals surface area contributed by atoms with Crippen molar-refractivity contribution in [2.24, 2.45) is 5.92 Å². The minimum absolute atomic E-state index is 0.0421. The molecule has 0 spiro atoms. The summed E-state index contributed by atoms with van der Waals surface area (Å²) in [7, 11) is 0. The number of rotatable bonds is 6. The van der Waals surface area contributed by atoms with Crippen molar-refractivity contribution < 1.29 is 9.53 Å². The Kier molecular flexibility index (Phi) is 6.25. The van der Waals surface area contributed by atoms with Crippen molar-refractivity contribution in [3.63, 3.8) is 0 Å². The van der Waals surface area contributed by atoms with Crippen LogP contribution >= 0.6 is 0 Å². The first kappa shape index (κ1) is 16.8. The van der Waals surface area contributed by atoms with E-state index in [9.17, 15) is 4.79 Å². The monoisotopic (exact) mass is 304 g/mol. The second kappa shape index (κ2) is 8.18. The second-order valence-electron chi connectivity index (χ2n) is 6.28. The van der Waals surface area contributed by atoms with Crippen molar-refractivity contribution in [1.82, 2.24) is 10.6 Å².